The Morgan fingerprint density at radius 1 is 1.08 bits per heavy atom. The van der Waals surface area contributed by atoms with Crippen molar-refractivity contribution in [3.05, 3.63) is 69.8 Å². The Hall–Kier alpha value is -2.58. The molecule has 0 aromatic heterocycles. The van der Waals surface area contributed by atoms with Crippen molar-refractivity contribution in [3.63, 3.8) is 0 Å². The molecule has 0 spiro atoms. The molecular formula is C18H18N2O5S. The summed E-state index contributed by atoms with van der Waals surface area (Å²) in [5.74, 6) is 0.164. The number of nitrogens with one attached hydrogen (secondary N) is 1. The van der Waals surface area contributed by atoms with E-state index in [0.717, 1.165) is 18.4 Å². The summed E-state index contributed by atoms with van der Waals surface area (Å²) in [5.41, 5.74) is 1.33. The van der Waals surface area contributed by atoms with Crippen molar-refractivity contribution in [1.82, 2.24) is 4.72 Å². The Morgan fingerprint density at radius 2 is 1.69 bits per heavy atom. The number of hydrogen-bond donors (Lipinski definition) is 1. The van der Waals surface area contributed by atoms with E-state index in [1.807, 2.05) is 0 Å². The van der Waals surface area contributed by atoms with Gasteiger partial charge in [0.05, 0.1) is 9.82 Å². The Balaban J connectivity index is 1.58. The van der Waals surface area contributed by atoms with Crippen LogP contribution in [-0.4, -0.2) is 25.7 Å². The molecule has 136 valence electrons. The molecule has 0 heterocycles. The van der Waals surface area contributed by atoms with E-state index in [2.05, 4.69) is 4.72 Å². The van der Waals surface area contributed by atoms with Crippen LogP contribution in [0.3, 0.4) is 0 Å². The van der Waals surface area contributed by atoms with E-state index in [1.165, 1.54) is 24.3 Å². The molecule has 2 aromatic carbocycles. The van der Waals surface area contributed by atoms with E-state index < -0.39 is 14.9 Å². The van der Waals surface area contributed by atoms with Gasteiger partial charge in [-0.25, -0.2) is 13.1 Å². The zero-order valence-electron chi connectivity index (χ0n) is 13.9. The van der Waals surface area contributed by atoms with Crippen LogP contribution in [0.15, 0.2) is 53.4 Å². The van der Waals surface area contributed by atoms with Crippen LogP contribution in [0.25, 0.3) is 0 Å². The zero-order chi connectivity index (χ0) is 18.7. The van der Waals surface area contributed by atoms with E-state index in [1.54, 1.807) is 24.3 Å². The highest BCUT2D eigenvalue weighted by Crippen LogP contribution is 2.32. The van der Waals surface area contributed by atoms with Gasteiger partial charge in [0.15, 0.2) is 5.78 Å². The number of nitro benzene ring substituents is 1. The Kier molecular flexibility index (Phi) is 5.15. The Bertz CT molecular complexity index is 917. The van der Waals surface area contributed by atoms with Gasteiger partial charge in [0.2, 0.25) is 10.0 Å². The molecule has 0 atom stereocenters. The van der Waals surface area contributed by atoms with Crippen molar-refractivity contribution in [1.29, 1.82) is 0 Å². The van der Waals surface area contributed by atoms with Crippen molar-refractivity contribution in [2.24, 2.45) is 5.92 Å². The van der Waals surface area contributed by atoms with Gasteiger partial charge in [-0.05, 0) is 37.0 Å². The molecule has 8 heteroatoms. The second-order valence-electron chi connectivity index (χ2n) is 6.23. The summed E-state index contributed by atoms with van der Waals surface area (Å²) in [6.07, 6.45) is 2.22. The maximum atomic E-state index is 12.3. The quantitative estimate of drug-likeness (QED) is 0.434. The highest BCUT2D eigenvalue weighted by molar-refractivity contribution is 7.89. The lowest BCUT2D eigenvalue weighted by molar-refractivity contribution is -0.384. The fraction of sp³-hybridized carbons (Fsp3) is 0.278. The van der Waals surface area contributed by atoms with Gasteiger partial charge in [-0.1, -0.05) is 24.3 Å². The maximum Gasteiger partial charge on any atom is 0.269 e. The average Bonchev–Trinajstić information content (AvgIpc) is 3.47. The largest absolute Gasteiger partial charge is 0.294 e. The van der Waals surface area contributed by atoms with Gasteiger partial charge >= 0.3 is 0 Å². The van der Waals surface area contributed by atoms with Gasteiger partial charge < -0.3 is 0 Å². The van der Waals surface area contributed by atoms with E-state index in [-0.39, 0.29) is 28.8 Å². The van der Waals surface area contributed by atoms with Crippen LogP contribution in [0.4, 0.5) is 5.69 Å². The third-order valence-electron chi connectivity index (χ3n) is 4.25. The van der Waals surface area contributed by atoms with Crippen LogP contribution in [0.5, 0.6) is 0 Å². The number of nitro groups is 1. The highest BCUT2D eigenvalue weighted by atomic mass is 32.2. The number of rotatable bonds is 8. The molecule has 1 N–H and O–H groups in total. The third-order valence-corrected chi connectivity index (χ3v) is 5.73. The average molecular weight is 374 g/mol. The van der Waals surface area contributed by atoms with Crippen LogP contribution in [-0.2, 0) is 16.4 Å². The molecule has 3 rings (SSSR count). The monoisotopic (exact) mass is 374 g/mol. The van der Waals surface area contributed by atoms with Crippen LogP contribution in [0.1, 0.15) is 28.8 Å². The molecule has 1 saturated carbocycles. The van der Waals surface area contributed by atoms with Gasteiger partial charge in [-0.3, -0.25) is 14.9 Å². The normalized spacial score (nSPS) is 14.2. The van der Waals surface area contributed by atoms with Crippen LogP contribution < -0.4 is 4.72 Å². The lowest BCUT2D eigenvalue weighted by Gasteiger charge is -2.08. The first-order chi connectivity index (χ1) is 12.4. The molecule has 7 nitrogen and oxygen atoms in total. The summed E-state index contributed by atoms with van der Waals surface area (Å²) in [4.78, 5) is 22.2. The SMILES string of the molecule is O=C(c1ccc(S(=O)(=O)NCCc2ccc([N+](=O)[O-])cc2)cc1)C1CC1. The van der Waals surface area contributed by atoms with Gasteiger partial charge in [0.1, 0.15) is 0 Å². The molecule has 0 unspecified atom stereocenters. The van der Waals surface area contributed by atoms with Crippen LogP contribution in [0, 0.1) is 16.0 Å². The van der Waals surface area contributed by atoms with Crippen molar-refractivity contribution >= 4 is 21.5 Å². The predicted molar refractivity (Wildman–Crippen MR) is 95.5 cm³/mol. The number of non-ortho nitro benzene ring substituents is 1. The number of nitrogens with zero attached hydrogens (tertiary/aromatic N) is 1. The van der Waals surface area contributed by atoms with Gasteiger partial charge in [0, 0.05) is 30.2 Å². The minimum Gasteiger partial charge on any atom is -0.294 e. The van der Waals surface area contributed by atoms with Gasteiger partial charge in [-0.15, -0.1) is 0 Å². The van der Waals surface area contributed by atoms with Gasteiger partial charge in [-0.2, -0.15) is 0 Å². The first-order valence-corrected chi connectivity index (χ1v) is 9.72. The van der Waals surface area contributed by atoms with Crippen molar-refractivity contribution in [3.8, 4) is 0 Å². The number of ketones is 1. The van der Waals surface area contributed by atoms with Crippen molar-refractivity contribution in [2.75, 3.05) is 6.54 Å². The highest BCUT2D eigenvalue weighted by Gasteiger charge is 2.30. The van der Waals surface area contributed by atoms with Crippen LogP contribution >= 0.6 is 0 Å². The summed E-state index contributed by atoms with van der Waals surface area (Å²) in [6, 6.07) is 11.9. The second-order valence-corrected chi connectivity index (χ2v) is 8.00. The molecule has 0 bridgehead atoms. The zero-order valence-corrected chi connectivity index (χ0v) is 14.7. The summed E-state index contributed by atoms with van der Waals surface area (Å²) in [6.45, 7) is 0.170. The van der Waals surface area contributed by atoms with E-state index in [4.69, 9.17) is 0 Å². The third kappa shape index (κ3) is 4.33. The summed E-state index contributed by atoms with van der Waals surface area (Å²) in [7, 11) is -3.67. The number of carbonyl (C=O) groups excluding carboxylic acids is 1. The van der Waals surface area contributed by atoms with Crippen LogP contribution in [0.2, 0.25) is 0 Å². The molecule has 1 aliphatic rings. The number of carbonyl (C=O) groups is 1. The lowest BCUT2D eigenvalue weighted by Crippen LogP contribution is -2.26. The minimum absolute atomic E-state index is 0.00448. The van der Waals surface area contributed by atoms with E-state index >= 15 is 0 Å². The topological polar surface area (TPSA) is 106 Å². The second kappa shape index (κ2) is 7.35. The minimum atomic E-state index is -3.67. The molecule has 0 radical (unpaired) electrons. The lowest BCUT2D eigenvalue weighted by atomic mass is 10.1. The maximum absolute atomic E-state index is 12.3. The molecule has 0 saturated heterocycles. The number of hydrogen-bond acceptors (Lipinski definition) is 5. The summed E-state index contributed by atoms with van der Waals surface area (Å²) >= 11 is 0. The standard InChI is InChI=1S/C18H18N2O5S/c21-18(14-3-4-14)15-5-9-17(10-6-15)26(24,25)19-12-11-13-1-7-16(8-2-13)20(22)23/h1-2,5-10,14,19H,3-4,11-12H2. The first kappa shape index (κ1) is 18.2. The van der Waals surface area contributed by atoms with Gasteiger partial charge in [0.25, 0.3) is 5.69 Å². The molecule has 1 aliphatic carbocycles. The smallest absolute Gasteiger partial charge is 0.269 e. The molecule has 2 aromatic rings. The predicted octanol–water partition coefficient (Wildman–Crippen LogP) is 2.71. The molecule has 26 heavy (non-hydrogen) atoms. The van der Waals surface area contributed by atoms with E-state index in [0.29, 0.717) is 12.0 Å². The Morgan fingerprint density at radius 3 is 2.23 bits per heavy atom. The molecule has 0 aliphatic heterocycles. The van der Waals surface area contributed by atoms with Crippen molar-refractivity contribution in [2.45, 2.75) is 24.2 Å². The summed E-state index contributed by atoms with van der Waals surface area (Å²) in [5, 5.41) is 10.6. The van der Waals surface area contributed by atoms with E-state index in [9.17, 15) is 23.3 Å². The number of sulfonamides is 1. The molecular weight excluding hydrogens is 356 g/mol. The fourth-order valence-electron chi connectivity index (χ4n) is 2.58. The first-order valence-electron chi connectivity index (χ1n) is 8.24. The molecule has 1 fully saturated rings. The number of Topliss-reactive ketones (excluding diaryl/α,β-unsaturated/α-hetero) is 1. The summed E-state index contributed by atoms with van der Waals surface area (Å²) < 4.78 is 27.1. The number of benzene rings is 2. The Labute approximate surface area is 151 Å². The fourth-order valence-corrected chi connectivity index (χ4v) is 3.61. The van der Waals surface area contributed by atoms with Crippen molar-refractivity contribution < 1.29 is 18.1 Å². The molecule has 0 amide bonds.